The van der Waals surface area contributed by atoms with Crippen molar-refractivity contribution in [2.75, 3.05) is 6.54 Å². The van der Waals surface area contributed by atoms with E-state index in [2.05, 4.69) is 20.9 Å². The van der Waals surface area contributed by atoms with Crippen LogP contribution < -0.4 is 16.0 Å². The van der Waals surface area contributed by atoms with Crippen molar-refractivity contribution >= 4 is 51.1 Å². The first-order chi connectivity index (χ1) is 15.6. The van der Waals surface area contributed by atoms with E-state index in [1.807, 2.05) is 24.3 Å². The number of fused-ring (bicyclic) bond motifs is 2. The van der Waals surface area contributed by atoms with E-state index in [1.54, 1.807) is 32.9 Å². The van der Waals surface area contributed by atoms with E-state index in [4.69, 9.17) is 16.3 Å². The summed E-state index contributed by atoms with van der Waals surface area (Å²) in [5.74, 6) is -0.643. The molecule has 0 saturated carbocycles. The number of amides is 3. The molecular formula is C23H25ClN4O4S. The number of H-pyrrole nitrogens is 1. The Kier molecular flexibility index (Phi) is 6.36. The minimum absolute atomic E-state index is 0.234. The molecule has 1 aliphatic rings. The Morgan fingerprint density at radius 1 is 1.18 bits per heavy atom. The van der Waals surface area contributed by atoms with Crippen molar-refractivity contribution in [2.24, 2.45) is 0 Å². The van der Waals surface area contributed by atoms with Gasteiger partial charge in [0.1, 0.15) is 22.7 Å². The summed E-state index contributed by atoms with van der Waals surface area (Å²) in [5, 5.41) is 9.31. The number of rotatable bonds is 5. The Morgan fingerprint density at radius 2 is 1.94 bits per heavy atom. The molecule has 0 aliphatic heterocycles. The van der Waals surface area contributed by atoms with Gasteiger partial charge in [-0.3, -0.25) is 9.59 Å². The second kappa shape index (κ2) is 9.07. The average Bonchev–Trinajstić information content (AvgIpc) is 3.36. The maximum Gasteiger partial charge on any atom is 0.408 e. The number of aromatic amines is 1. The lowest BCUT2D eigenvalue weighted by Gasteiger charge is -2.23. The molecule has 2 atom stereocenters. The summed E-state index contributed by atoms with van der Waals surface area (Å²) < 4.78 is 5.81. The fourth-order valence-corrected chi connectivity index (χ4v) is 4.99. The highest BCUT2D eigenvalue weighted by Crippen LogP contribution is 2.32. The summed E-state index contributed by atoms with van der Waals surface area (Å²) in [6.45, 7) is 5.01. The lowest BCUT2D eigenvalue weighted by atomic mass is 10.1. The number of benzene rings is 1. The third-order valence-corrected chi connectivity index (χ3v) is 6.38. The Morgan fingerprint density at radius 3 is 2.67 bits per heavy atom. The molecule has 4 N–H and O–H groups in total. The fourth-order valence-electron chi connectivity index (χ4n) is 3.86. The van der Waals surface area contributed by atoms with Crippen molar-refractivity contribution in [1.82, 2.24) is 20.9 Å². The minimum Gasteiger partial charge on any atom is -0.444 e. The Labute approximate surface area is 200 Å². The molecule has 0 fully saturated rings. The van der Waals surface area contributed by atoms with Gasteiger partial charge >= 0.3 is 6.09 Å². The molecular weight excluding hydrogens is 464 g/mol. The predicted molar refractivity (Wildman–Crippen MR) is 128 cm³/mol. The van der Waals surface area contributed by atoms with Crippen LogP contribution in [-0.4, -0.2) is 41.1 Å². The molecule has 0 radical (unpaired) electrons. The summed E-state index contributed by atoms with van der Waals surface area (Å²) in [4.78, 5) is 41.3. The number of carbonyl (C=O) groups excluding carboxylic acids is 3. The molecule has 0 bridgehead atoms. The van der Waals surface area contributed by atoms with Gasteiger partial charge in [0.15, 0.2) is 0 Å². The monoisotopic (exact) mass is 488 g/mol. The highest BCUT2D eigenvalue weighted by Gasteiger charge is 2.35. The van der Waals surface area contributed by atoms with Crippen molar-refractivity contribution in [3.05, 3.63) is 57.6 Å². The molecule has 4 rings (SSSR count). The summed E-state index contributed by atoms with van der Waals surface area (Å²) in [5.41, 5.74) is 1.76. The van der Waals surface area contributed by atoms with Crippen LogP contribution in [0.5, 0.6) is 0 Å². The number of alkyl carbamates (subject to hydrolysis) is 1. The molecule has 8 nitrogen and oxygen atoms in total. The van der Waals surface area contributed by atoms with E-state index in [9.17, 15) is 14.4 Å². The van der Waals surface area contributed by atoms with Crippen LogP contribution in [0.2, 0.25) is 4.34 Å². The van der Waals surface area contributed by atoms with Crippen LogP contribution in [0, 0.1) is 0 Å². The largest absolute Gasteiger partial charge is 0.444 e. The minimum atomic E-state index is -0.666. The number of carbonyl (C=O) groups is 3. The predicted octanol–water partition coefficient (Wildman–Crippen LogP) is 3.92. The zero-order valence-corrected chi connectivity index (χ0v) is 20.0. The van der Waals surface area contributed by atoms with Gasteiger partial charge in [0.2, 0.25) is 5.91 Å². The standard InChI is InChI=1S/C23H25ClN4O4S/c1-23(2,3)32-22(31)25-11-18(29)28-19-14-7-5-4-6-12(14)8-15(19)26-20(30)16-9-13-10-17(24)33-21(13)27-16/h4-7,9-10,15,19,27H,8,11H2,1-3H3,(H,25,31)(H,26,30)(H,28,29)/t15-,19-/m0/s1. The number of nitrogens with one attached hydrogen (secondary N) is 4. The van der Waals surface area contributed by atoms with E-state index in [0.717, 1.165) is 21.3 Å². The molecule has 10 heteroatoms. The fraction of sp³-hybridized carbons (Fsp3) is 0.348. The summed E-state index contributed by atoms with van der Waals surface area (Å²) >= 11 is 7.38. The van der Waals surface area contributed by atoms with E-state index in [0.29, 0.717) is 16.5 Å². The van der Waals surface area contributed by atoms with Crippen LogP contribution in [-0.2, 0) is 16.0 Å². The van der Waals surface area contributed by atoms with Crippen molar-refractivity contribution < 1.29 is 19.1 Å². The number of hydrogen-bond acceptors (Lipinski definition) is 5. The number of hydrogen-bond donors (Lipinski definition) is 4. The van der Waals surface area contributed by atoms with Crippen LogP contribution in [0.1, 0.15) is 48.4 Å². The van der Waals surface area contributed by atoms with Crippen LogP contribution in [0.3, 0.4) is 0 Å². The first-order valence-electron chi connectivity index (χ1n) is 10.5. The zero-order chi connectivity index (χ0) is 23.8. The zero-order valence-electron chi connectivity index (χ0n) is 18.5. The van der Waals surface area contributed by atoms with Gasteiger partial charge in [-0.05, 0) is 50.5 Å². The molecule has 0 spiro atoms. The summed E-state index contributed by atoms with van der Waals surface area (Å²) in [7, 11) is 0. The molecule has 33 heavy (non-hydrogen) atoms. The molecule has 1 aromatic carbocycles. The third kappa shape index (κ3) is 5.48. The highest BCUT2D eigenvalue weighted by molar-refractivity contribution is 7.22. The second-order valence-corrected chi connectivity index (χ2v) is 10.6. The summed E-state index contributed by atoms with van der Waals surface area (Å²) in [6, 6.07) is 10.5. The quantitative estimate of drug-likeness (QED) is 0.436. The lowest BCUT2D eigenvalue weighted by molar-refractivity contribution is -0.121. The van der Waals surface area contributed by atoms with Gasteiger partial charge in [-0.1, -0.05) is 35.9 Å². The van der Waals surface area contributed by atoms with Crippen molar-refractivity contribution in [2.45, 2.75) is 44.9 Å². The van der Waals surface area contributed by atoms with Crippen molar-refractivity contribution in [1.29, 1.82) is 0 Å². The van der Waals surface area contributed by atoms with Crippen molar-refractivity contribution in [3.8, 4) is 0 Å². The highest BCUT2D eigenvalue weighted by atomic mass is 35.5. The second-order valence-electron chi connectivity index (χ2n) is 8.90. The smallest absolute Gasteiger partial charge is 0.408 e. The molecule has 174 valence electrons. The van der Waals surface area contributed by atoms with Gasteiger partial charge < -0.3 is 25.7 Å². The molecule has 0 saturated heterocycles. The van der Waals surface area contributed by atoms with Crippen molar-refractivity contribution in [3.63, 3.8) is 0 Å². The van der Waals surface area contributed by atoms with Gasteiger partial charge in [0.25, 0.3) is 5.91 Å². The third-order valence-electron chi connectivity index (χ3n) is 5.18. The molecule has 3 aromatic rings. The number of halogens is 1. The van der Waals surface area contributed by atoms with Gasteiger partial charge in [0.05, 0.1) is 16.4 Å². The maximum atomic E-state index is 12.9. The normalized spacial score (nSPS) is 17.5. The summed E-state index contributed by atoms with van der Waals surface area (Å²) in [6.07, 6.45) is -0.0890. The van der Waals surface area contributed by atoms with Gasteiger partial charge in [0, 0.05) is 5.39 Å². The lowest BCUT2D eigenvalue weighted by Crippen LogP contribution is -2.47. The number of thiophene rings is 1. The Bertz CT molecular complexity index is 1180. The Balaban J connectivity index is 1.43. The van der Waals surface area contributed by atoms with Gasteiger partial charge in [-0.15, -0.1) is 11.3 Å². The Hall–Kier alpha value is -3.04. The topological polar surface area (TPSA) is 112 Å². The molecule has 0 unspecified atom stereocenters. The maximum absolute atomic E-state index is 12.9. The van der Waals surface area contributed by atoms with Gasteiger partial charge in [-0.25, -0.2) is 4.79 Å². The molecule has 2 aromatic heterocycles. The van der Waals surface area contributed by atoms with Crippen LogP contribution >= 0.6 is 22.9 Å². The first kappa shape index (κ1) is 23.1. The van der Waals surface area contributed by atoms with E-state index >= 15 is 0 Å². The SMILES string of the molecule is CC(C)(C)OC(=O)NCC(=O)N[C@H]1c2ccccc2C[C@@H]1NC(=O)c1cc2cc(Cl)sc2[nH]1. The first-order valence-corrected chi connectivity index (χ1v) is 11.7. The van der Waals surface area contributed by atoms with Crippen LogP contribution in [0.15, 0.2) is 36.4 Å². The molecule has 1 aliphatic carbocycles. The van der Waals surface area contributed by atoms with Crippen LogP contribution in [0.4, 0.5) is 4.79 Å². The van der Waals surface area contributed by atoms with E-state index in [-0.39, 0.29) is 24.4 Å². The molecule has 2 heterocycles. The van der Waals surface area contributed by atoms with Gasteiger partial charge in [-0.2, -0.15) is 0 Å². The number of ether oxygens (including phenoxy) is 1. The van der Waals surface area contributed by atoms with Crippen LogP contribution in [0.25, 0.3) is 10.2 Å². The van der Waals surface area contributed by atoms with E-state index in [1.165, 1.54) is 11.3 Å². The van der Waals surface area contributed by atoms with E-state index < -0.39 is 17.7 Å². The number of aromatic nitrogens is 1. The molecule has 3 amide bonds. The average molecular weight is 489 g/mol.